The van der Waals surface area contributed by atoms with Gasteiger partial charge in [0.15, 0.2) is 0 Å². The molecule has 0 saturated heterocycles. The Morgan fingerprint density at radius 3 is 2.50 bits per heavy atom. The summed E-state index contributed by atoms with van der Waals surface area (Å²) in [6.45, 7) is 2.67. The first-order valence-electron chi connectivity index (χ1n) is 8.48. The lowest BCUT2D eigenvalue weighted by Crippen LogP contribution is -3.00. The van der Waals surface area contributed by atoms with Gasteiger partial charge >= 0.3 is 0 Å². The first-order valence-corrected chi connectivity index (χ1v) is 8.48. The van der Waals surface area contributed by atoms with E-state index < -0.39 is 0 Å². The maximum atomic E-state index is 5.44. The van der Waals surface area contributed by atoms with Crippen molar-refractivity contribution in [2.75, 3.05) is 11.9 Å². The number of hydrogen-bond acceptors (Lipinski definition) is 2. The number of nitrogens with zero attached hydrogens (tertiary/aromatic N) is 1. The van der Waals surface area contributed by atoms with Gasteiger partial charge in [0.05, 0.1) is 6.61 Å². The van der Waals surface area contributed by atoms with Crippen molar-refractivity contribution in [3.8, 4) is 5.75 Å². The molecule has 0 fully saturated rings. The summed E-state index contributed by atoms with van der Waals surface area (Å²) in [6.07, 6.45) is 8.05. The van der Waals surface area contributed by atoms with E-state index >= 15 is 0 Å². The van der Waals surface area contributed by atoms with E-state index in [-0.39, 0.29) is 24.0 Å². The summed E-state index contributed by atoms with van der Waals surface area (Å²) in [5.74, 6) is 0.890. The number of allylic oxidation sites excluding steroid dienone is 2. The van der Waals surface area contributed by atoms with Gasteiger partial charge in [-0.1, -0.05) is 18.2 Å². The van der Waals surface area contributed by atoms with Crippen LogP contribution in [0.2, 0.25) is 0 Å². The van der Waals surface area contributed by atoms with Gasteiger partial charge in [-0.15, -0.1) is 0 Å². The van der Waals surface area contributed by atoms with Crippen molar-refractivity contribution in [1.29, 1.82) is 0 Å². The lowest BCUT2D eigenvalue weighted by molar-refractivity contribution is -0.646. The molecule has 0 atom stereocenters. The zero-order valence-corrected chi connectivity index (χ0v) is 17.2. The van der Waals surface area contributed by atoms with Gasteiger partial charge in [0, 0.05) is 35.5 Å². The summed E-state index contributed by atoms with van der Waals surface area (Å²) in [5.41, 5.74) is 3.41. The summed E-state index contributed by atoms with van der Waals surface area (Å²) >= 11 is 0. The average Bonchev–Trinajstić information content (AvgIpc) is 2.65. The molecule has 0 aliphatic heterocycles. The summed E-state index contributed by atoms with van der Waals surface area (Å²) in [7, 11) is 2.09. The first kappa shape index (κ1) is 20.0. The highest BCUT2D eigenvalue weighted by Crippen LogP contribution is 2.15. The Labute approximate surface area is 172 Å². The molecule has 0 radical (unpaired) electrons. The zero-order chi connectivity index (χ0) is 17.5. The number of pyridine rings is 1. The second kappa shape index (κ2) is 9.97. The number of hydrogen-bond donors (Lipinski definition) is 1. The van der Waals surface area contributed by atoms with Crippen molar-refractivity contribution < 1.29 is 33.3 Å². The molecule has 0 bridgehead atoms. The third kappa shape index (κ3) is 5.08. The fraction of sp³-hybridized carbons (Fsp3) is 0.136. The van der Waals surface area contributed by atoms with E-state index in [0.29, 0.717) is 6.61 Å². The summed E-state index contributed by atoms with van der Waals surface area (Å²) in [6, 6.07) is 20.6. The molecular weight excluding hydrogens is 435 g/mol. The van der Waals surface area contributed by atoms with Gasteiger partial charge in [-0.3, -0.25) is 0 Å². The Kier molecular flexibility index (Phi) is 7.66. The predicted molar refractivity (Wildman–Crippen MR) is 105 cm³/mol. The van der Waals surface area contributed by atoms with Crippen LogP contribution in [0.1, 0.15) is 12.6 Å². The zero-order valence-electron chi connectivity index (χ0n) is 15.0. The SMILES string of the molecule is CCOc1ccc(N/C=C/C=C/c2ccc3ccccc3[n+]2C)cc1.[I-]. The average molecular weight is 458 g/mol. The standard InChI is InChI=1S/C22H22N2O.HI/c1-3-25-21-15-12-19(13-16-21)23-17-7-6-9-20-14-11-18-8-4-5-10-22(18)24(20)2;/h4-17H,3H2,1-2H3;1H. The molecule has 0 aliphatic carbocycles. The van der Waals surface area contributed by atoms with Crippen LogP contribution >= 0.6 is 0 Å². The number of nitrogens with one attached hydrogen (secondary N) is 1. The maximum Gasteiger partial charge on any atom is 0.212 e. The summed E-state index contributed by atoms with van der Waals surface area (Å²) in [5, 5.41) is 4.50. The Hall–Kier alpha value is -2.34. The fourth-order valence-corrected chi connectivity index (χ4v) is 2.70. The van der Waals surface area contributed by atoms with E-state index in [9.17, 15) is 0 Å². The molecule has 1 N–H and O–H groups in total. The molecule has 3 aromatic rings. The maximum absolute atomic E-state index is 5.44. The molecule has 0 unspecified atom stereocenters. The van der Waals surface area contributed by atoms with Gasteiger partial charge in [-0.05, 0) is 49.4 Å². The van der Waals surface area contributed by atoms with Crippen LogP contribution in [-0.2, 0) is 7.05 Å². The quantitative estimate of drug-likeness (QED) is 0.346. The van der Waals surface area contributed by atoms with Crippen LogP contribution in [0.5, 0.6) is 5.75 Å². The van der Waals surface area contributed by atoms with Crippen LogP contribution in [0.3, 0.4) is 0 Å². The minimum atomic E-state index is 0. The number of anilines is 1. The third-order valence-corrected chi connectivity index (χ3v) is 4.01. The topological polar surface area (TPSA) is 25.1 Å². The molecule has 0 amide bonds. The second-order valence-corrected chi connectivity index (χ2v) is 5.70. The van der Waals surface area contributed by atoms with Crippen molar-refractivity contribution in [3.63, 3.8) is 0 Å². The Balaban J connectivity index is 0.00000243. The van der Waals surface area contributed by atoms with Crippen LogP contribution < -0.4 is 38.6 Å². The molecule has 1 heterocycles. The lowest BCUT2D eigenvalue weighted by atomic mass is 10.2. The molecule has 0 aliphatic rings. The molecule has 0 saturated carbocycles. The number of ether oxygens (including phenoxy) is 1. The van der Waals surface area contributed by atoms with Crippen LogP contribution in [0.15, 0.2) is 79.0 Å². The third-order valence-electron chi connectivity index (χ3n) is 4.01. The van der Waals surface area contributed by atoms with E-state index in [1.54, 1.807) is 0 Å². The molecule has 134 valence electrons. The van der Waals surface area contributed by atoms with Gasteiger partial charge in [0.2, 0.25) is 11.2 Å². The van der Waals surface area contributed by atoms with Crippen LogP contribution in [-0.4, -0.2) is 6.61 Å². The van der Waals surface area contributed by atoms with Crippen LogP contribution in [0.25, 0.3) is 17.0 Å². The Morgan fingerprint density at radius 2 is 1.73 bits per heavy atom. The minimum absolute atomic E-state index is 0. The van der Waals surface area contributed by atoms with Crippen LogP contribution in [0.4, 0.5) is 5.69 Å². The molecule has 26 heavy (non-hydrogen) atoms. The highest BCUT2D eigenvalue weighted by Gasteiger charge is 2.07. The number of benzene rings is 2. The smallest absolute Gasteiger partial charge is 0.212 e. The molecule has 0 spiro atoms. The lowest BCUT2D eigenvalue weighted by Gasteiger charge is -2.04. The number of para-hydroxylation sites is 1. The molecule has 3 nitrogen and oxygen atoms in total. The normalized spacial score (nSPS) is 11.0. The van der Waals surface area contributed by atoms with E-state index in [0.717, 1.165) is 17.1 Å². The Bertz CT molecular complexity index is 902. The van der Waals surface area contributed by atoms with Crippen molar-refractivity contribution in [3.05, 3.63) is 84.7 Å². The number of fused-ring (bicyclic) bond motifs is 1. The molecule has 4 heteroatoms. The van der Waals surface area contributed by atoms with E-state index in [1.165, 1.54) is 10.9 Å². The number of rotatable bonds is 6. The van der Waals surface area contributed by atoms with Gasteiger partial charge < -0.3 is 34.0 Å². The van der Waals surface area contributed by atoms with Crippen molar-refractivity contribution in [1.82, 2.24) is 0 Å². The van der Waals surface area contributed by atoms with Crippen molar-refractivity contribution in [2.45, 2.75) is 6.92 Å². The largest absolute Gasteiger partial charge is 1.00 e. The number of halogens is 1. The highest BCUT2D eigenvalue weighted by molar-refractivity contribution is 5.76. The molecule has 3 rings (SSSR count). The van der Waals surface area contributed by atoms with E-state index in [1.807, 2.05) is 49.5 Å². The van der Waals surface area contributed by atoms with Gasteiger partial charge in [0.25, 0.3) is 0 Å². The van der Waals surface area contributed by atoms with Crippen LogP contribution in [0, 0.1) is 0 Å². The first-order chi connectivity index (χ1) is 12.3. The van der Waals surface area contributed by atoms with Gasteiger partial charge in [-0.25, -0.2) is 0 Å². The molecule has 2 aromatic carbocycles. The highest BCUT2D eigenvalue weighted by atomic mass is 127. The predicted octanol–water partition coefficient (Wildman–Crippen LogP) is 1.71. The second-order valence-electron chi connectivity index (χ2n) is 5.70. The summed E-state index contributed by atoms with van der Waals surface area (Å²) in [4.78, 5) is 0. The monoisotopic (exact) mass is 458 g/mol. The van der Waals surface area contributed by atoms with E-state index in [2.05, 4.69) is 59.4 Å². The van der Waals surface area contributed by atoms with Gasteiger partial charge in [0.1, 0.15) is 12.8 Å². The Morgan fingerprint density at radius 1 is 0.962 bits per heavy atom. The summed E-state index contributed by atoms with van der Waals surface area (Å²) < 4.78 is 7.63. The molecular formula is C22H23IN2O. The van der Waals surface area contributed by atoms with Crippen molar-refractivity contribution in [2.24, 2.45) is 7.05 Å². The van der Waals surface area contributed by atoms with Gasteiger partial charge in [-0.2, -0.15) is 4.57 Å². The molecule has 1 aromatic heterocycles. The van der Waals surface area contributed by atoms with E-state index in [4.69, 9.17) is 4.74 Å². The minimum Gasteiger partial charge on any atom is -1.00 e. The van der Waals surface area contributed by atoms with Crippen molar-refractivity contribution >= 4 is 22.7 Å². The number of aromatic nitrogens is 1. The number of aryl methyl sites for hydroxylation is 1. The fourth-order valence-electron chi connectivity index (χ4n) is 2.70.